The highest BCUT2D eigenvalue weighted by Gasteiger charge is 2.16. The number of methoxy groups -OCH3 is 1. The van der Waals surface area contributed by atoms with Crippen LogP contribution in [0.4, 0.5) is 17.3 Å². The number of anilines is 3. The van der Waals surface area contributed by atoms with Gasteiger partial charge < -0.3 is 25.8 Å². The predicted molar refractivity (Wildman–Crippen MR) is 114 cm³/mol. The van der Waals surface area contributed by atoms with Gasteiger partial charge in [0.2, 0.25) is 5.88 Å². The molecule has 0 bridgehead atoms. The number of aromatic nitrogens is 4. The zero-order valence-electron chi connectivity index (χ0n) is 17.3. The number of hydrogen-bond donors (Lipinski definition) is 4. The molecule has 0 radical (unpaired) electrons. The summed E-state index contributed by atoms with van der Waals surface area (Å²) in [6.07, 6.45) is 7.73. The summed E-state index contributed by atoms with van der Waals surface area (Å²) in [7, 11) is 4.88. The van der Waals surface area contributed by atoms with E-state index in [2.05, 4.69) is 31.0 Å². The van der Waals surface area contributed by atoms with Gasteiger partial charge in [-0.25, -0.2) is 9.97 Å². The van der Waals surface area contributed by atoms with Gasteiger partial charge in [0.15, 0.2) is 5.65 Å². The lowest BCUT2D eigenvalue weighted by molar-refractivity contribution is 0.0964. The van der Waals surface area contributed by atoms with E-state index < -0.39 is 0 Å². The molecule has 3 aromatic heterocycles. The first-order chi connectivity index (χ1) is 14.6. The Bertz CT molecular complexity index is 999. The van der Waals surface area contributed by atoms with Crippen LogP contribution in [-0.4, -0.2) is 57.9 Å². The van der Waals surface area contributed by atoms with E-state index in [1.807, 2.05) is 6.07 Å². The lowest BCUT2D eigenvalue weighted by Crippen LogP contribution is -2.18. The molecular formula is C20H27N7O3. The molecule has 0 atom stereocenters. The van der Waals surface area contributed by atoms with Crippen LogP contribution in [0.15, 0.2) is 30.6 Å². The zero-order valence-corrected chi connectivity index (χ0v) is 17.3. The molecule has 0 saturated heterocycles. The van der Waals surface area contributed by atoms with Crippen molar-refractivity contribution < 1.29 is 14.6 Å². The molecule has 30 heavy (non-hydrogen) atoms. The van der Waals surface area contributed by atoms with Gasteiger partial charge >= 0.3 is 0 Å². The van der Waals surface area contributed by atoms with Crippen molar-refractivity contribution in [3.8, 4) is 5.88 Å². The minimum absolute atomic E-state index is 0.0463. The molecule has 3 heterocycles. The fourth-order valence-electron chi connectivity index (χ4n) is 3.19. The number of rotatable bonds is 5. The number of carbonyl (C=O) groups excluding carboxylic acids is 1. The Morgan fingerprint density at radius 2 is 2.07 bits per heavy atom. The van der Waals surface area contributed by atoms with E-state index in [1.54, 1.807) is 44.1 Å². The SMILES string of the molecule is CNC(=O)c1cnn2c(NC)cc(Nc3cccnc3OC)nc12.OC1CCCC1. The highest BCUT2D eigenvalue weighted by Crippen LogP contribution is 2.26. The van der Waals surface area contributed by atoms with Crippen LogP contribution in [0.3, 0.4) is 0 Å². The second-order valence-corrected chi connectivity index (χ2v) is 6.77. The molecule has 3 aromatic rings. The number of nitrogens with one attached hydrogen (secondary N) is 3. The normalized spacial score (nSPS) is 13.5. The third-order valence-corrected chi connectivity index (χ3v) is 4.75. The summed E-state index contributed by atoms with van der Waals surface area (Å²) in [5.41, 5.74) is 1.49. The standard InChI is InChI=1S/C15H17N7O2.C5H10O/c1-16-12-7-11(20-10-5-4-6-18-15(10)24-3)21-13-9(14(23)17-2)8-19-22(12)13;6-5-3-1-2-4-5/h4-8,16H,1-3H3,(H,17,23)(H,20,21);5-6H,1-4H2. The Balaban J connectivity index is 0.000000367. The molecule has 0 unspecified atom stereocenters. The van der Waals surface area contributed by atoms with Crippen LogP contribution >= 0.6 is 0 Å². The molecule has 1 amide bonds. The number of aliphatic hydroxyl groups is 1. The molecule has 0 aromatic carbocycles. The summed E-state index contributed by atoms with van der Waals surface area (Å²) in [6, 6.07) is 5.39. The third kappa shape index (κ3) is 4.77. The van der Waals surface area contributed by atoms with Crippen LogP contribution in [0, 0.1) is 0 Å². The van der Waals surface area contributed by atoms with E-state index in [0.717, 1.165) is 12.8 Å². The van der Waals surface area contributed by atoms with Gasteiger partial charge in [-0.1, -0.05) is 12.8 Å². The number of carbonyl (C=O) groups is 1. The third-order valence-electron chi connectivity index (χ3n) is 4.75. The van der Waals surface area contributed by atoms with Gasteiger partial charge in [-0.05, 0) is 25.0 Å². The summed E-state index contributed by atoms with van der Waals surface area (Å²) in [6.45, 7) is 0. The van der Waals surface area contributed by atoms with Gasteiger partial charge in [0.25, 0.3) is 5.91 Å². The first kappa shape index (κ1) is 21.3. The molecule has 10 nitrogen and oxygen atoms in total. The largest absolute Gasteiger partial charge is 0.480 e. The average molecular weight is 413 g/mol. The summed E-state index contributed by atoms with van der Waals surface area (Å²) < 4.78 is 6.79. The van der Waals surface area contributed by atoms with E-state index in [1.165, 1.54) is 19.0 Å². The fraction of sp³-hybridized carbons (Fsp3) is 0.400. The number of hydrogen-bond acceptors (Lipinski definition) is 8. The van der Waals surface area contributed by atoms with E-state index in [0.29, 0.717) is 34.4 Å². The lowest BCUT2D eigenvalue weighted by atomic mass is 10.3. The van der Waals surface area contributed by atoms with Crippen molar-refractivity contribution in [2.24, 2.45) is 0 Å². The first-order valence-electron chi connectivity index (χ1n) is 9.80. The van der Waals surface area contributed by atoms with Crippen molar-refractivity contribution in [2.45, 2.75) is 31.8 Å². The van der Waals surface area contributed by atoms with Crippen LogP contribution in [0.5, 0.6) is 5.88 Å². The number of aliphatic hydroxyl groups excluding tert-OH is 1. The highest BCUT2D eigenvalue weighted by atomic mass is 16.5. The van der Waals surface area contributed by atoms with Gasteiger partial charge in [-0.2, -0.15) is 9.61 Å². The quantitative estimate of drug-likeness (QED) is 0.502. The maximum absolute atomic E-state index is 12.0. The lowest BCUT2D eigenvalue weighted by Gasteiger charge is -2.11. The molecule has 10 heteroatoms. The van der Waals surface area contributed by atoms with Crippen LogP contribution < -0.4 is 20.7 Å². The van der Waals surface area contributed by atoms with E-state index in [-0.39, 0.29) is 12.0 Å². The number of fused-ring (bicyclic) bond motifs is 1. The summed E-state index contributed by atoms with van der Waals surface area (Å²) in [5, 5.41) is 21.7. The Morgan fingerprint density at radius 3 is 2.67 bits per heavy atom. The van der Waals surface area contributed by atoms with Crippen LogP contribution in [-0.2, 0) is 0 Å². The molecule has 160 valence electrons. The molecule has 4 rings (SSSR count). The molecule has 1 aliphatic rings. The molecule has 1 fully saturated rings. The Morgan fingerprint density at radius 1 is 1.30 bits per heavy atom. The van der Waals surface area contributed by atoms with Gasteiger partial charge in [0.1, 0.15) is 22.9 Å². The number of amides is 1. The zero-order chi connectivity index (χ0) is 21.5. The van der Waals surface area contributed by atoms with E-state index in [4.69, 9.17) is 9.84 Å². The predicted octanol–water partition coefficient (Wildman–Crippen LogP) is 2.20. The van der Waals surface area contributed by atoms with Crippen molar-refractivity contribution in [3.63, 3.8) is 0 Å². The average Bonchev–Trinajstić information content (AvgIpc) is 3.42. The molecule has 0 aliphatic heterocycles. The van der Waals surface area contributed by atoms with Crippen LogP contribution in [0.2, 0.25) is 0 Å². The van der Waals surface area contributed by atoms with Gasteiger partial charge in [-0.15, -0.1) is 0 Å². The number of ether oxygens (including phenoxy) is 1. The summed E-state index contributed by atoms with van der Waals surface area (Å²) in [5.74, 6) is 1.41. The van der Waals surface area contributed by atoms with Crippen molar-refractivity contribution in [1.82, 2.24) is 24.9 Å². The molecule has 1 saturated carbocycles. The van der Waals surface area contributed by atoms with Crippen molar-refractivity contribution >= 4 is 28.9 Å². The Kier molecular flexibility index (Phi) is 7.02. The molecule has 4 N–H and O–H groups in total. The molecule has 0 spiro atoms. The maximum Gasteiger partial charge on any atom is 0.256 e. The van der Waals surface area contributed by atoms with E-state index in [9.17, 15) is 4.79 Å². The first-order valence-corrected chi connectivity index (χ1v) is 9.80. The van der Waals surface area contributed by atoms with Gasteiger partial charge in [0, 0.05) is 26.4 Å². The second-order valence-electron chi connectivity index (χ2n) is 6.77. The van der Waals surface area contributed by atoms with Crippen LogP contribution in [0.25, 0.3) is 5.65 Å². The monoisotopic (exact) mass is 413 g/mol. The number of nitrogens with zero attached hydrogens (tertiary/aromatic N) is 4. The number of pyridine rings is 1. The second kappa shape index (κ2) is 9.88. The van der Waals surface area contributed by atoms with E-state index >= 15 is 0 Å². The van der Waals surface area contributed by atoms with Crippen molar-refractivity contribution in [2.75, 3.05) is 31.8 Å². The summed E-state index contributed by atoms with van der Waals surface area (Å²) >= 11 is 0. The Labute approximate surface area is 174 Å². The Hall–Kier alpha value is -3.40. The maximum atomic E-state index is 12.0. The smallest absolute Gasteiger partial charge is 0.256 e. The molecular weight excluding hydrogens is 386 g/mol. The minimum atomic E-state index is -0.254. The van der Waals surface area contributed by atoms with Crippen molar-refractivity contribution in [3.05, 3.63) is 36.2 Å². The van der Waals surface area contributed by atoms with Gasteiger partial charge in [0.05, 0.1) is 19.4 Å². The van der Waals surface area contributed by atoms with Crippen molar-refractivity contribution in [1.29, 1.82) is 0 Å². The highest BCUT2D eigenvalue weighted by molar-refractivity contribution is 5.99. The fourth-order valence-corrected chi connectivity index (χ4v) is 3.19. The minimum Gasteiger partial charge on any atom is -0.480 e. The van der Waals surface area contributed by atoms with Gasteiger partial charge in [-0.3, -0.25) is 4.79 Å². The molecule has 1 aliphatic carbocycles. The summed E-state index contributed by atoms with van der Waals surface area (Å²) in [4.78, 5) is 20.6. The topological polar surface area (TPSA) is 126 Å². The van der Waals surface area contributed by atoms with Crippen LogP contribution in [0.1, 0.15) is 36.0 Å².